The van der Waals surface area contributed by atoms with Gasteiger partial charge in [-0.3, -0.25) is 0 Å². The molecule has 0 aliphatic carbocycles. The molecule has 0 aromatic heterocycles. The van der Waals surface area contributed by atoms with Crippen molar-refractivity contribution in [2.24, 2.45) is 0 Å². The number of aliphatic hydroxyl groups is 1. The zero-order valence-corrected chi connectivity index (χ0v) is 12.1. The third-order valence-electron chi connectivity index (χ3n) is 2.49. The predicted octanol–water partition coefficient (Wildman–Crippen LogP) is 5.20. The van der Waals surface area contributed by atoms with E-state index in [1.54, 1.807) is 24.8 Å². The first-order valence-corrected chi connectivity index (χ1v) is 7.04. The molecule has 0 bridgehead atoms. The van der Waals surface area contributed by atoms with E-state index >= 15 is 0 Å². The van der Waals surface area contributed by atoms with Crippen molar-refractivity contribution >= 4 is 35.0 Å². The standard InChI is InChI=1S/C14H12Cl2OS/c1-9(17)10-2-4-11(5-3-10)18-12-6-7-13(15)14(16)8-12/h2-9,17H,1H3/t9-/m1/s1. The summed E-state index contributed by atoms with van der Waals surface area (Å²) in [5.74, 6) is 0. The van der Waals surface area contributed by atoms with Gasteiger partial charge < -0.3 is 5.11 Å². The highest BCUT2D eigenvalue weighted by molar-refractivity contribution is 7.99. The Labute approximate surface area is 121 Å². The maximum absolute atomic E-state index is 9.43. The highest BCUT2D eigenvalue weighted by atomic mass is 35.5. The number of benzene rings is 2. The summed E-state index contributed by atoms with van der Waals surface area (Å²) < 4.78 is 0. The maximum Gasteiger partial charge on any atom is 0.0761 e. The number of aliphatic hydroxyl groups excluding tert-OH is 1. The second-order valence-corrected chi connectivity index (χ2v) is 5.88. The van der Waals surface area contributed by atoms with Gasteiger partial charge in [0, 0.05) is 9.79 Å². The quantitative estimate of drug-likeness (QED) is 0.840. The van der Waals surface area contributed by atoms with Crippen molar-refractivity contribution < 1.29 is 5.11 Å². The molecule has 2 rings (SSSR count). The van der Waals surface area contributed by atoms with Gasteiger partial charge in [0.15, 0.2) is 0 Å². The molecule has 0 heterocycles. The van der Waals surface area contributed by atoms with Gasteiger partial charge >= 0.3 is 0 Å². The van der Waals surface area contributed by atoms with Crippen LogP contribution in [0.15, 0.2) is 52.3 Å². The lowest BCUT2D eigenvalue weighted by molar-refractivity contribution is 0.199. The van der Waals surface area contributed by atoms with Crippen molar-refractivity contribution in [1.82, 2.24) is 0 Å². The fraction of sp³-hybridized carbons (Fsp3) is 0.143. The zero-order valence-electron chi connectivity index (χ0n) is 9.73. The van der Waals surface area contributed by atoms with E-state index in [0.717, 1.165) is 15.4 Å². The van der Waals surface area contributed by atoms with E-state index in [0.29, 0.717) is 10.0 Å². The van der Waals surface area contributed by atoms with Crippen molar-refractivity contribution in [3.63, 3.8) is 0 Å². The van der Waals surface area contributed by atoms with Gasteiger partial charge in [-0.05, 0) is 42.8 Å². The summed E-state index contributed by atoms with van der Waals surface area (Å²) in [5.41, 5.74) is 0.911. The molecule has 0 unspecified atom stereocenters. The molecule has 18 heavy (non-hydrogen) atoms. The lowest BCUT2D eigenvalue weighted by atomic mass is 10.1. The average molecular weight is 299 g/mol. The Bertz CT molecular complexity index is 538. The molecule has 0 saturated heterocycles. The molecule has 0 radical (unpaired) electrons. The monoisotopic (exact) mass is 298 g/mol. The summed E-state index contributed by atoms with van der Waals surface area (Å²) >= 11 is 13.4. The molecule has 94 valence electrons. The average Bonchev–Trinajstić information content (AvgIpc) is 2.34. The number of halogens is 2. The number of hydrogen-bond acceptors (Lipinski definition) is 2. The van der Waals surface area contributed by atoms with Crippen LogP contribution in [0.3, 0.4) is 0 Å². The molecular weight excluding hydrogens is 287 g/mol. The Kier molecular flexibility index (Phi) is 4.57. The van der Waals surface area contributed by atoms with Crippen LogP contribution in [0.2, 0.25) is 10.0 Å². The Balaban J connectivity index is 2.15. The van der Waals surface area contributed by atoms with Gasteiger partial charge in [0.1, 0.15) is 0 Å². The van der Waals surface area contributed by atoms with Crippen molar-refractivity contribution in [2.75, 3.05) is 0 Å². The molecule has 0 saturated carbocycles. The molecular formula is C14H12Cl2OS. The molecule has 0 fully saturated rings. The molecule has 0 amide bonds. The van der Waals surface area contributed by atoms with Crippen molar-refractivity contribution in [3.8, 4) is 0 Å². The minimum Gasteiger partial charge on any atom is -0.389 e. The summed E-state index contributed by atoms with van der Waals surface area (Å²) in [6.45, 7) is 1.75. The molecule has 2 aromatic carbocycles. The minimum absolute atomic E-state index is 0.436. The Morgan fingerprint density at radius 1 is 0.944 bits per heavy atom. The van der Waals surface area contributed by atoms with Gasteiger partial charge in [-0.15, -0.1) is 0 Å². The van der Waals surface area contributed by atoms with E-state index in [9.17, 15) is 5.11 Å². The van der Waals surface area contributed by atoms with E-state index in [1.807, 2.05) is 36.4 Å². The van der Waals surface area contributed by atoms with Gasteiger partial charge in [0.2, 0.25) is 0 Å². The first-order valence-electron chi connectivity index (χ1n) is 5.47. The molecule has 0 aliphatic heterocycles. The Morgan fingerprint density at radius 2 is 1.56 bits per heavy atom. The van der Waals surface area contributed by atoms with Crippen LogP contribution in [0, 0.1) is 0 Å². The Morgan fingerprint density at radius 3 is 2.11 bits per heavy atom. The van der Waals surface area contributed by atoms with E-state index in [1.165, 1.54) is 0 Å². The van der Waals surface area contributed by atoms with Crippen molar-refractivity contribution in [3.05, 3.63) is 58.1 Å². The molecule has 1 N–H and O–H groups in total. The van der Waals surface area contributed by atoms with Crippen LogP contribution in [0.5, 0.6) is 0 Å². The van der Waals surface area contributed by atoms with Crippen LogP contribution in [0.1, 0.15) is 18.6 Å². The third kappa shape index (κ3) is 3.42. The topological polar surface area (TPSA) is 20.2 Å². The van der Waals surface area contributed by atoms with Crippen molar-refractivity contribution in [2.45, 2.75) is 22.8 Å². The number of hydrogen-bond donors (Lipinski definition) is 1. The first kappa shape index (κ1) is 13.8. The van der Waals surface area contributed by atoms with E-state index < -0.39 is 6.10 Å². The van der Waals surface area contributed by atoms with Crippen LogP contribution >= 0.6 is 35.0 Å². The summed E-state index contributed by atoms with van der Waals surface area (Å²) in [5, 5.41) is 10.6. The molecule has 0 aliphatic rings. The van der Waals surface area contributed by atoms with Gasteiger partial charge in [0.25, 0.3) is 0 Å². The zero-order chi connectivity index (χ0) is 13.1. The predicted molar refractivity (Wildman–Crippen MR) is 77.7 cm³/mol. The fourth-order valence-corrected chi connectivity index (χ4v) is 2.71. The van der Waals surface area contributed by atoms with Crippen LogP contribution in [0.25, 0.3) is 0 Å². The molecule has 2 aromatic rings. The molecule has 0 spiro atoms. The van der Waals surface area contributed by atoms with Crippen molar-refractivity contribution in [1.29, 1.82) is 0 Å². The van der Waals surface area contributed by atoms with Gasteiger partial charge in [-0.2, -0.15) is 0 Å². The van der Waals surface area contributed by atoms with E-state index in [-0.39, 0.29) is 0 Å². The lowest BCUT2D eigenvalue weighted by Crippen LogP contribution is -1.89. The second-order valence-electron chi connectivity index (χ2n) is 3.92. The van der Waals surface area contributed by atoms with Gasteiger partial charge in [-0.25, -0.2) is 0 Å². The van der Waals surface area contributed by atoms with E-state index in [2.05, 4.69) is 0 Å². The second kappa shape index (κ2) is 5.98. The fourth-order valence-electron chi connectivity index (χ4n) is 1.49. The first-order chi connectivity index (χ1) is 8.56. The largest absolute Gasteiger partial charge is 0.389 e. The maximum atomic E-state index is 9.43. The normalized spacial score (nSPS) is 12.4. The van der Waals surface area contributed by atoms with E-state index in [4.69, 9.17) is 23.2 Å². The molecule has 4 heteroatoms. The smallest absolute Gasteiger partial charge is 0.0761 e. The summed E-state index contributed by atoms with van der Waals surface area (Å²) in [6.07, 6.45) is -0.436. The van der Waals surface area contributed by atoms with Crippen LogP contribution in [-0.2, 0) is 0 Å². The highest BCUT2D eigenvalue weighted by Gasteiger charge is 2.03. The lowest BCUT2D eigenvalue weighted by Gasteiger charge is -2.06. The van der Waals surface area contributed by atoms with Gasteiger partial charge in [-0.1, -0.05) is 47.1 Å². The number of rotatable bonds is 3. The highest BCUT2D eigenvalue weighted by Crippen LogP contribution is 2.32. The van der Waals surface area contributed by atoms with Crippen LogP contribution in [-0.4, -0.2) is 5.11 Å². The Hall–Kier alpha value is -0.670. The van der Waals surface area contributed by atoms with Gasteiger partial charge in [0.05, 0.1) is 16.1 Å². The third-order valence-corrected chi connectivity index (χ3v) is 4.23. The summed E-state index contributed by atoms with van der Waals surface area (Å²) in [7, 11) is 0. The molecule has 1 atom stereocenters. The van der Waals surface area contributed by atoms with Crippen LogP contribution < -0.4 is 0 Å². The minimum atomic E-state index is -0.436. The van der Waals surface area contributed by atoms with Crippen LogP contribution in [0.4, 0.5) is 0 Å². The SMILES string of the molecule is C[C@@H](O)c1ccc(Sc2ccc(Cl)c(Cl)c2)cc1. The summed E-state index contributed by atoms with van der Waals surface area (Å²) in [6, 6.07) is 13.4. The molecule has 1 nitrogen and oxygen atoms in total. The summed E-state index contributed by atoms with van der Waals surface area (Å²) in [4.78, 5) is 2.13.